The molecule has 0 fully saturated rings. The van der Waals surface area contributed by atoms with Gasteiger partial charge in [0.15, 0.2) is 5.82 Å². The number of carbonyl (C=O) groups excluding carboxylic acids is 2. The van der Waals surface area contributed by atoms with E-state index < -0.39 is 17.4 Å². The van der Waals surface area contributed by atoms with E-state index in [1.165, 1.54) is 11.3 Å². The molecule has 2 aromatic carbocycles. The van der Waals surface area contributed by atoms with Gasteiger partial charge in [-0.15, -0.1) is 11.3 Å². The Kier molecular flexibility index (Phi) is 6.29. The molecule has 0 saturated heterocycles. The van der Waals surface area contributed by atoms with Crippen molar-refractivity contribution >= 4 is 45.7 Å². The second-order valence-electron chi connectivity index (χ2n) is 6.89. The Balaban J connectivity index is 1.49. The zero-order chi connectivity index (χ0) is 22.7. The molecule has 0 unspecified atom stereocenters. The van der Waals surface area contributed by atoms with E-state index in [2.05, 4.69) is 9.97 Å². The van der Waals surface area contributed by atoms with Crippen LogP contribution in [0.3, 0.4) is 0 Å². The normalized spacial score (nSPS) is 10.9. The largest absolute Gasteiger partial charge is 0.457 e. The summed E-state index contributed by atoms with van der Waals surface area (Å²) < 4.78 is 6.45. The topological polar surface area (TPSA) is 117 Å². The van der Waals surface area contributed by atoms with Crippen molar-refractivity contribution in [2.75, 3.05) is 0 Å². The molecule has 2 aromatic heterocycles. The van der Waals surface area contributed by atoms with Crippen LogP contribution in [0.25, 0.3) is 21.5 Å². The summed E-state index contributed by atoms with van der Waals surface area (Å²) >= 11 is 7.41. The lowest BCUT2D eigenvalue weighted by Gasteiger charge is -2.12. The molecule has 0 bridgehead atoms. The van der Waals surface area contributed by atoms with Gasteiger partial charge in [-0.25, -0.2) is 9.97 Å². The van der Waals surface area contributed by atoms with Crippen molar-refractivity contribution < 1.29 is 14.3 Å². The first-order chi connectivity index (χ1) is 15.4. The fourth-order valence-electron chi connectivity index (χ4n) is 3.13. The Hall–Kier alpha value is -3.56. The van der Waals surface area contributed by atoms with E-state index in [1.807, 2.05) is 12.1 Å². The molecule has 2 N–H and O–H groups in total. The number of para-hydroxylation sites is 1. The molecule has 0 aliphatic rings. The SMILES string of the molecule is NC(=O)Cn1c(COC(=O)Cc2csc(-c3cccc(Cl)c3)n2)nc2ccccc2c1=O. The third-order valence-corrected chi connectivity index (χ3v) is 5.74. The Morgan fingerprint density at radius 2 is 1.94 bits per heavy atom. The number of fused-ring (bicyclic) bond motifs is 1. The van der Waals surface area contributed by atoms with Crippen molar-refractivity contribution in [3.8, 4) is 10.6 Å². The van der Waals surface area contributed by atoms with Gasteiger partial charge in [0.1, 0.15) is 18.2 Å². The average molecular weight is 469 g/mol. The molecule has 2 heterocycles. The number of ether oxygens (including phenoxy) is 1. The second kappa shape index (κ2) is 9.29. The van der Waals surface area contributed by atoms with Gasteiger partial charge < -0.3 is 10.5 Å². The molecular formula is C22H17ClN4O4S. The number of thiazole rings is 1. The summed E-state index contributed by atoms with van der Waals surface area (Å²) in [6.45, 7) is -0.643. The summed E-state index contributed by atoms with van der Waals surface area (Å²) in [5, 5.41) is 3.46. The number of benzene rings is 2. The van der Waals surface area contributed by atoms with Crippen molar-refractivity contribution in [2.45, 2.75) is 19.6 Å². The van der Waals surface area contributed by atoms with Gasteiger partial charge in [0.2, 0.25) is 5.91 Å². The molecule has 4 rings (SSSR count). The number of rotatable bonds is 7. The third kappa shape index (κ3) is 4.84. The summed E-state index contributed by atoms with van der Waals surface area (Å²) in [6.07, 6.45) is -0.0509. The molecule has 0 radical (unpaired) electrons. The first-order valence-electron chi connectivity index (χ1n) is 9.53. The Morgan fingerprint density at radius 3 is 2.72 bits per heavy atom. The number of esters is 1. The lowest BCUT2D eigenvalue weighted by molar-refractivity contribution is -0.144. The lowest BCUT2D eigenvalue weighted by Crippen LogP contribution is -2.32. The van der Waals surface area contributed by atoms with Crippen LogP contribution in [0.4, 0.5) is 0 Å². The van der Waals surface area contributed by atoms with E-state index in [9.17, 15) is 14.4 Å². The highest BCUT2D eigenvalue weighted by Gasteiger charge is 2.16. The molecule has 0 aliphatic carbocycles. The number of aromatic nitrogens is 3. The minimum Gasteiger partial charge on any atom is -0.457 e. The molecule has 8 nitrogen and oxygen atoms in total. The molecule has 1 amide bonds. The van der Waals surface area contributed by atoms with Crippen molar-refractivity contribution in [3.05, 3.63) is 80.8 Å². The maximum absolute atomic E-state index is 12.7. The van der Waals surface area contributed by atoms with Gasteiger partial charge in [0, 0.05) is 16.0 Å². The fourth-order valence-corrected chi connectivity index (χ4v) is 4.14. The van der Waals surface area contributed by atoms with Crippen LogP contribution in [0, 0.1) is 0 Å². The van der Waals surface area contributed by atoms with Gasteiger partial charge in [-0.1, -0.05) is 35.9 Å². The van der Waals surface area contributed by atoms with Crippen LogP contribution in [-0.2, 0) is 33.9 Å². The van der Waals surface area contributed by atoms with Gasteiger partial charge in [0.05, 0.1) is 23.0 Å². The second-order valence-corrected chi connectivity index (χ2v) is 8.19. The summed E-state index contributed by atoms with van der Waals surface area (Å²) in [7, 11) is 0. The summed E-state index contributed by atoms with van der Waals surface area (Å²) in [6, 6.07) is 14.0. The highest BCUT2D eigenvalue weighted by molar-refractivity contribution is 7.13. The van der Waals surface area contributed by atoms with Gasteiger partial charge in [-0.05, 0) is 24.3 Å². The van der Waals surface area contributed by atoms with E-state index in [-0.39, 0.29) is 25.4 Å². The summed E-state index contributed by atoms with van der Waals surface area (Å²) in [5.74, 6) is -1.10. The van der Waals surface area contributed by atoms with Crippen molar-refractivity contribution in [1.29, 1.82) is 0 Å². The first-order valence-corrected chi connectivity index (χ1v) is 10.8. The molecule has 0 spiro atoms. The fraction of sp³-hybridized carbons (Fsp3) is 0.136. The van der Waals surface area contributed by atoms with Crippen molar-refractivity contribution in [1.82, 2.24) is 14.5 Å². The molecule has 10 heteroatoms. The number of hydrogen-bond acceptors (Lipinski definition) is 7. The highest BCUT2D eigenvalue weighted by Crippen LogP contribution is 2.26. The average Bonchev–Trinajstić information content (AvgIpc) is 3.23. The van der Waals surface area contributed by atoms with Crippen LogP contribution in [0.1, 0.15) is 11.5 Å². The zero-order valence-electron chi connectivity index (χ0n) is 16.7. The summed E-state index contributed by atoms with van der Waals surface area (Å²) in [4.78, 5) is 45.4. The standard InChI is InChI=1S/C22H17ClN4O4S/c23-14-5-3-4-13(8-14)21-25-15(12-32-21)9-20(29)31-11-19-26-17-7-2-1-6-16(17)22(30)27(19)10-18(24)28/h1-8,12H,9-11H2,(H2,24,28). The number of carbonyl (C=O) groups is 2. The van der Waals surface area contributed by atoms with Crippen molar-refractivity contribution in [2.24, 2.45) is 5.73 Å². The molecule has 0 saturated carbocycles. The van der Waals surface area contributed by atoms with Crippen LogP contribution in [0.2, 0.25) is 5.02 Å². The van der Waals surface area contributed by atoms with E-state index in [0.29, 0.717) is 21.6 Å². The number of primary amides is 1. The number of nitrogens with two attached hydrogens (primary N) is 1. The van der Waals surface area contributed by atoms with Gasteiger partial charge in [-0.2, -0.15) is 0 Å². The monoisotopic (exact) mass is 468 g/mol. The zero-order valence-corrected chi connectivity index (χ0v) is 18.2. The summed E-state index contributed by atoms with van der Waals surface area (Å²) in [5.41, 5.74) is 6.70. The molecular weight excluding hydrogens is 452 g/mol. The third-order valence-electron chi connectivity index (χ3n) is 4.57. The van der Waals surface area contributed by atoms with Gasteiger partial charge in [0.25, 0.3) is 5.56 Å². The van der Waals surface area contributed by atoms with E-state index in [1.54, 1.807) is 41.8 Å². The van der Waals surface area contributed by atoms with Crippen LogP contribution in [0.15, 0.2) is 58.7 Å². The Morgan fingerprint density at radius 1 is 1.12 bits per heavy atom. The molecule has 0 aliphatic heterocycles. The smallest absolute Gasteiger partial charge is 0.312 e. The van der Waals surface area contributed by atoms with Crippen LogP contribution < -0.4 is 11.3 Å². The van der Waals surface area contributed by atoms with E-state index >= 15 is 0 Å². The highest BCUT2D eigenvalue weighted by atomic mass is 35.5. The number of nitrogens with zero attached hydrogens (tertiary/aromatic N) is 3. The van der Waals surface area contributed by atoms with Gasteiger partial charge >= 0.3 is 5.97 Å². The van der Waals surface area contributed by atoms with Crippen molar-refractivity contribution in [3.63, 3.8) is 0 Å². The van der Waals surface area contributed by atoms with Gasteiger partial charge in [-0.3, -0.25) is 19.0 Å². The molecule has 0 atom stereocenters. The van der Waals surface area contributed by atoms with E-state index in [0.717, 1.165) is 15.1 Å². The first kappa shape index (κ1) is 21.7. The number of halogens is 1. The Labute approximate surface area is 191 Å². The quantitative estimate of drug-likeness (QED) is 0.417. The maximum atomic E-state index is 12.7. The molecule has 162 valence electrons. The molecule has 32 heavy (non-hydrogen) atoms. The Bertz CT molecular complexity index is 1380. The number of amides is 1. The minimum absolute atomic E-state index is 0.0509. The maximum Gasteiger partial charge on any atom is 0.312 e. The molecule has 4 aromatic rings. The predicted molar refractivity (Wildman–Crippen MR) is 121 cm³/mol. The van der Waals surface area contributed by atoms with Crippen LogP contribution in [-0.4, -0.2) is 26.4 Å². The van der Waals surface area contributed by atoms with Crippen LogP contribution in [0.5, 0.6) is 0 Å². The van der Waals surface area contributed by atoms with E-state index in [4.69, 9.17) is 22.1 Å². The minimum atomic E-state index is -0.701. The van der Waals surface area contributed by atoms with Crippen LogP contribution >= 0.6 is 22.9 Å². The number of hydrogen-bond donors (Lipinski definition) is 1. The lowest BCUT2D eigenvalue weighted by atomic mass is 10.2. The predicted octanol–water partition coefficient (Wildman–Crippen LogP) is 2.94.